The third-order valence-corrected chi connectivity index (χ3v) is 5.67. The van der Waals surface area contributed by atoms with E-state index < -0.39 is 5.82 Å². The largest absolute Gasteiger partial charge is 0.325 e. The third kappa shape index (κ3) is 4.34. The van der Waals surface area contributed by atoms with Gasteiger partial charge in [0, 0.05) is 17.0 Å². The second-order valence-corrected chi connectivity index (χ2v) is 7.48. The van der Waals surface area contributed by atoms with Gasteiger partial charge in [-0.15, -0.1) is 12.4 Å². The van der Waals surface area contributed by atoms with Crippen molar-refractivity contribution in [2.75, 3.05) is 5.32 Å². The summed E-state index contributed by atoms with van der Waals surface area (Å²) in [5, 5.41) is 2.66. The molecule has 0 saturated heterocycles. The first-order valence-electron chi connectivity index (χ1n) is 9.55. The molecule has 0 radical (unpaired) electrons. The molecule has 3 aromatic carbocycles. The van der Waals surface area contributed by atoms with Gasteiger partial charge in [-0.3, -0.25) is 4.79 Å². The summed E-state index contributed by atoms with van der Waals surface area (Å²) in [5.74, 6) is -0.571. The van der Waals surface area contributed by atoms with Gasteiger partial charge in [-0.1, -0.05) is 55.5 Å². The Morgan fingerprint density at radius 1 is 1.07 bits per heavy atom. The normalized spacial score (nSPS) is 19.9. The fourth-order valence-electron chi connectivity index (χ4n) is 3.65. The van der Waals surface area contributed by atoms with Gasteiger partial charge in [-0.2, -0.15) is 0 Å². The number of nitrogens with two attached hydrogens (primary N) is 1. The van der Waals surface area contributed by atoms with Gasteiger partial charge in [0.1, 0.15) is 5.82 Å². The molecule has 1 aliphatic rings. The van der Waals surface area contributed by atoms with Crippen molar-refractivity contribution in [3.05, 3.63) is 89.7 Å². The topological polar surface area (TPSA) is 55.1 Å². The molecule has 1 aliphatic carbocycles. The summed E-state index contributed by atoms with van der Waals surface area (Å²) in [6.07, 6.45) is 1.75. The van der Waals surface area contributed by atoms with Crippen molar-refractivity contribution in [2.24, 2.45) is 5.73 Å². The first kappa shape index (κ1) is 21.0. The molecule has 0 spiro atoms. The van der Waals surface area contributed by atoms with E-state index in [4.69, 9.17) is 5.73 Å². The number of rotatable bonds is 5. The van der Waals surface area contributed by atoms with E-state index in [-0.39, 0.29) is 35.5 Å². The van der Waals surface area contributed by atoms with Crippen LogP contribution < -0.4 is 11.1 Å². The molecule has 1 saturated carbocycles. The van der Waals surface area contributed by atoms with Crippen LogP contribution in [0.2, 0.25) is 0 Å². The van der Waals surface area contributed by atoms with E-state index >= 15 is 0 Å². The number of benzene rings is 3. The molecule has 0 heterocycles. The van der Waals surface area contributed by atoms with Gasteiger partial charge in [-0.05, 0) is 53.8 Å². The summed E-state index contributed by atoms with van der Waals surface area (Å²) in [4.78, 5) is 12.5. The number of amides is 1. The molecule has 5 heteroatoms. The zero-order valence-corrected chi connectivity index (χ0v) is 17.0. The van der Waals surface area contributed by atoms with Crippen LogP contribution in [0.25, 0.3) is 11.1 Å². The Morgan fingerprint density at radius 3 is 2.31 bits per heavy atom. The number of anilines is 1. The lowest BCUT2D eigenvalue weighted by Gasteiger charge is -2.11. The van der Waals surface area contributed by atoms with E-state index in [1.165, 1.54) is 6.07 Å². The van der Waals surface area contributed by atoms with Gasteiger partial charge in [-0.25, -0.2) is 4.39 Å². The van der Waals surface area contributed by atoms with Crippen LogP contribution in [0.5, 0.6) is 0 Å². The molecule has 3 N–H and O–H groups in total. The molecule has 1 fully saturated rings. The Hall–Kier alpha value is -2.69. The lowest BCUT2D eigenvalue weighted by atomic mass is 10.0. The third-order valence-electron chi connectivity index (χ3n) is 5.67. The highest BCUT2D eigenvalue weighted by atomic mass is 35.5. The van der Waals surface area contributed by atoms with Crippen molar-refractivity contribution in [3.8, 4) is 11.1 Å². The molecule has 3 nitrogen and oxygen atoms in total. The number of hydrogen-bond donors (Lipinski definition) is 2. The molecular formula is C24H24ClFN2O. The van der Waals surface area contributed by atoms with E-state index in [0.717, 1.165) is 29.5 Å². The van der Waals surface area contributed by atoms with Crippen molar-refractivity contribution in [1.82, 2.24) is 0 Å². The predicted octanol–water partition coefficient (Wildman–Crippen LogP) is 5.76. The van der Waals surface area contributed by atoms with Crippen LogP contribution in [0.15, 0.2) is 72.8 Å². The van der Waals surface area contributed by atoms with E-state index in [9.17, 15) is 9.18 Å². The molecular weight excluding hydrogens is 387 g/mol. The van der Waals surface area contributed by atoms with Crippen LogP contribution in [0.4, 0.5) is 10.1 Å². The van der Waals surface area contributed by atoms with Crippen molar-refractivity contribution in [3.63, 3.8) is 0 Å². The summed E-state index contributed by atoms with van der Waals surface area (Å²) in [7, 11) is 0. The fourth-order valence-corrected chi connectivity index (χ4v) is 3.65. The van der Waals surface area contributed by atoms with Crippen LogP contribution in [0.3, 0.4) is 0 Å². The first-order chi connectivity index (χ1) is 13.5. The van der Waals surface area contributed by atoms with Crippen LogP contribution in [0.1, 0.15) is 41.6 Å². The number of hydrogen-bond acceptors (Lipinski definition) is 2. The maximum absolute atomic E-state index is 14.5. The average Bonchev–Trinajstić information content (AvgIpc) is 3.42. The monoisotopic (exact) mass is 410 g/mol. The number of halogens is 2. The summed E-state index contributed by atoms with van der Waals surface area (Å²) in [5.41, 5.74) is 9.69. The highest BCUT2D eigenvalue weighted by Gasteiger charge is 2.50. The molecule has 0 unspecified atom stereocenters. The molecule has 29 heavy (non-hydrogen) atoms. The SMILES string of the molecule is CC[C@]1(N)C[C@H]1c1ccc(NC(=O)c2ccc(-c3ccccc3)cc2)c(F)c1.Cl. The van der Waals surface area contributed by atoms with Gasteiger partial charge in [0.25, 0.3) is 5.91 Å². The minimum atomic E-state index is -0.433. The summed E-state index contributed by atoms with van der Waals surface area (Å²) in [6, 6.07) is 22.2. The summed E-state index contributed by atoms with van der Waals surface area (Å²) in [6.45, 7) is 2.05. The van der Waals surface area contributed by atoms with E-state index in [1.807, 2.05) is 55.5 Å². The summed E-state index contributed by atoms with van der Waals surface area (Å²) >= 11 is 0. The lowest BCUT2D eigenvalue weighted by molar-refractivity contribution is 0.102. The molecule has 150 valence electrons. The molecule has 3 aromatic rings. The highest BCUT2D eigenvalue weighted by Crippen LogP contribution is 2.51. The molecule has 0 bridgehead atoms. The first-order valence-corrected chi connectivity index (χ1v) is 9.55. The van der Waals surface area contributed by atoms with E-state index in [1.54, 1.807) is 18.2 Å². The predicted molar refractivity (Wildman–Crippen MR) is 118 cm³/mol. The Kier molecular flexibility index (Phi) is 6.06. The Labute approximate surface area is 176 Å². The van der Waals surface area contributed by atoms with Crippen LogP contribution >= 0.6 is 12.4 Å². The number of nitrogens with one attached hydrogen (secondary N) is 1. The zero-order valence-electron chi connectivity index (χ0n) is 16.2. The van der Waals surface area contributed by atoms with Crippen molar-refractivity contribution < 1.29 is 9.18 Å². The maximum Gasteiger partial charge on any atom is 0.255 e. The van der Waals surface area contributed by atoms with Gasteiger partial charge >= 0.3 is 0 Å². The van der Waals surface area contributed by atoms with Crippen molar-refractivity contribution in [1.29, 1.82) is 0 Å². The quantitative estimate of drug-likeness (QED) is 0.561. The van der Waals surface area contributed by atoms with E-state index in [0.29, 0.717) is 5.56 Å². The van der Waals surface area contributed by atoms with Crippen LogP contribution in [-0.2, 0) is 0 Å². The highest BCUT2D eigenvalue weighted by molar-refractivity contribution is 6.04. The fraction of sp³-hybridized carbons (Fsp3) is 0.208. The number of carbonyl (C=O) groups is 1. The van der Waals surface area contributed by atoms with Crippen LogP contribution in [-0.4, -0.2) is 11.4 Å². The van der Waals surface area contributed by atoms with Crippen LogP contribution in [0, 0.1) is 5.82 Å². The molecule has 1 amide bonds. The van der Waals surface area contributed by atoms with E-state index in [2.05, 4.69) is 5.32 Å². The molecule has 0 aliphatic heterocycles. The molecule has 4 rings (SSSR count). The second kappa shape index (κ2) is 8.36. The lowest BCUT2D eigenvalue weighted by Crippen LogP contribution is -2.22. The summed E-state index contributed by atoms with van der Waals surface area (Å²) < 4.78 is 14.5. The number of carbonyl (C=O) groups excluding carboxylic acids is 1. The minimum Gasteiger partial charge on any atom is -0.325 e. The zero-order chi connectivity index (χ0) is 19.7. The maximum atomic E-state index is 14.5. The standard InChI is InChI=1S/C24H23FN2O.ClH/c1-2-24(26)15-20(24)19-12-13-22(21(25)14-19)27-23(28)18-10-8-17(9-11-18)16-6-4-3-5-7-16;/h3-14,20H,2,15,26H2,1H3,(H,27,28);1H/t20-,24-;/m0./s1. The Bertz CT molecular complexity index is 1010. The van der Waals surface area contributed by atoms with Gasteiger partial charge in [0.15, 0.2) is 0 Å². The van der Waals surface area contributed by atoms with Crippen molar-refractivity contribution in [2.45, 2.75) is 31.2 Å². The van der Waals surface area contributed by atoms with Gasteiger partial charge in [0.2, 0.25) is 0 Å². The smallest absolute Gasteiger partial charge is 0.255 e. The van der Waals surface area contributed by atoms with Gasteiger partial charge < -0.3 is 11.1 Å². The minimum absolute atomic E-state index is 0. The van der Waals surface area contributed by atoms with Gasteiger partial charge in [0.05, 0.1) is 5.69 Å². The Morgan fingerprint density at radius 2 is 1.72 bits per heavy atom. The van der Waals surface area contributed by atoms with Crippen molar-refractivity contribution >= 4 is 24.0 Å². The second-order valence-electron chi connectivity index (χ2n) is 7.48. The molecule has 0 aromatic heterocycles. The Balaban J connectivity index is 0.00000240. The average molecular weight is 411 g/mol. The molecule has 2 atom stereocenters.